The molecule has 2 nitrogen and oxygen atoms in total. The standard InChI is InChI=1S/C21H28FNO/c1-5-17-15-16(2)7-12-20(17)21(24,13-6-14-23(3)4)18-8-10-19(22)11-9-18/h7-12,15,24H,5-6,13-14H2,1-4H3. The lowest BCUT2D eigenvalue weighted by atomic mass is 9.79. The molecule has 0 fully saturated rings. The Morgan fingerprint density at radius 2 is 1.75 bits per heavy atom. The van der Waals surface area contributed by atoms with Crippen LogP contribution in [0.1, 0.15) is 42.0 Å². The van der Waals surface area contributed by atoms with Gasteiger partial charge in [0.25, 0.3) is 0 Å². The Bertz CT molecular complexity index is 666. The zero-order valence-electron chi connectivity index (χ0n) is 15.1. The molecule has 1 atom stereocenters. The molecule has 0 saturated carbocycles. The van der Waals surface area contributed by atoms with E-state index >= 15 is 0 Å². The molecule has 0 radical (unpaired) electrons. The Balaban J connectivity index is 2.47. The molecule has 1 unspecified atom stereocenters. The van der Waals surface area contributed by atoms with Crippen LogP contribution < -0.4 is 0 Å². The van der Waals surface area contributed by atoms with Crippen LogP contribution in [0.5, 0.6) is 0 Å². The van der Waals surface area contributed by atoms with Gasteiger partial charge in [-0.25, -0.2) is 4.39 Å². The highest BCUT2D eigenvalue weighted by atomic mass is 19.1. The molecule has 0 aliphatic carbocycles. The zero-order chi connectivity index (χ0) is 17.7. The number of aliphatic hydroxyl groups is 1. The third-order valence-corrected chi connectivity index (χ3v) is 4.55. The molecule has 0 saturated heterocycles. The molecule has 0 aliphatic heterocycles. The Hall–Kier alpha value is -1.71. The fourth-order valence-electron chi connectivity index (χ4n) is 3.23. The van der Waals surface area contributed by atoms with Gasteiger partial charge in [-0.2, -0.15) is 0 Å². The summed E-state index contributed by atoms with van der Waals surface area (Å²) < 4.78 is 13.3. The van der Waals surface area contributed by atoms with Gasteiger partial charge in [-0.1, -0.05) is 42.8 Å². The third kappa shape index (κ3) is 4.22. The lowest BCUT2D eigenvalue weighted by molar-refractivity contribution is 0.0655. The molecule has 0 aliphatic rings. The van der Waals surface area contributed by atoms with Crippen molar-refractivity contribution in [3.05, 3.63) is 70.5 Å². The van der Waals surface area contributed by atoms with Crippen molar-refractivity contribution in [2.75, 3.05) is 20.6 Å². The summed E-state index contributed by atoms with van der Waals surface area (Å²) in [5.74, 6) is -0.283. The topological polar surface area (TPSA) is 23.5 Å². The summed E-state index contributed by atoms with van der Waals surface area (Å²) in [6.07, 6.45) is 2.32. The lowest BCUT2D eigenvalue weighted by Gasteiger charge is -2.32. The summed E-state index contributed by atoms with van der Waals surface area (Å²) in [5, 5.41) is 11.6. The second-order valence-corrected chi connectivity index (χ2v) is 6.79. The predicted octanol–water partition coefficient (Wildman–Crippen LogP) is 4.27. The fourth-order valence-corrected chi connectivity index (χ4v) is 3.23. The van der Waals surface area contributed by atoms with Crippen LogP contribution in [0.25, 0.3) is 0 Å². The van der Waals surface area contributed by atoms with Gasteiger partial charge in [0.1, 0.15) is 11.4 Å². The van der Waals surface area contributed by atoms with Gasteiger partial charge in [0.05, 0.1) is 0 Å². The highest BCUT2D eigenvalue weighted by molar-refractivity contribution is 5.42. The zero-order valence-corrected chi connectivity index (χ0v) is 15.1. The molecular weight excluding hydrogens is 301 g/mol. The van der Waals surface area contributed by atoms with E-state index in [1.54, 1.807) is 12.1 Å². The van der Waals surface area contributed by atoms with Gasteiger partial charge in [-0.15, -0.1) is 0 Å². The summed E-state index contributed by atoms with van der Waals surface area (Å²) in [4.78, 5) is 2.11. The molecule has 2 rings (SSSR count). The molecule has 0 spiro atoms. The number of nitrogens with zero attached hydrogens (tertiary/aromatic N) is 1. The van der Waals surface area contributed by atoms with Crippen molar-refractivity contribution in [3.63, 3.8) is 0 Å². The third-order valence-electron chi connectivity index (χ3n) is 4.55. The van der Waals surface area contributed by atoms with E-state index in [1.807, 2.05) is 26.2 Å². The van der Waals surface area contributed by atoms with E-state index in [9.17, 15) is 9.50 Å². The van der Waals surface area contributed by atoms with E-state index in [-0.39, 0.29) is 5.82 Å². The number of halogens is 1. The van der Waals surface area contributed by atoms with E-state index < -0.39 is 5.60 Å². The maximum absolute atomic E-state index is 13.3. The second kappa shape index (κ2) is 7.91. The van der Waals surface area contributed by atoms with Crippen LogP contribution in [0.15, 0.2) is 42.5 Å². The number of benzene rings is 2. The molecule has 3 heteroatoms. The lowest BCUT2D eigenvalue weighted by Crippen LogP contribution is -2.30. The SMILES string of the molecule is CCc1cc(C)ccc1C(O)(CCCN(C)C)c1ccc(F)cc1. The Kier molecular flexibility index (Phi) is 6.14. The molecule has 0 amide bonds. The molecule has 24 heavy (non-hydrogen) atoms. The largest absolute Gasteiger partial charge is 0.380 e. The van der Waals surface area contributed by atoms with Crippen LogP contribution in [0.4, 0.5) is 4.39 Å². The van der Waals surface area contributed by atoms with Crippen LogP contribution in [0, 0.1) is 12.7 Å². The fraction of sp³-hybridized carbons (Fsp3) is 0.429. The van der Waals surface area contributed by atoms with Gasteiger partial charge >= 0.3 is 0 Å². The summed E-state index contributed by atoms with van der Waals surface area (Å²) in [5.41, 5.74) is 2.92. The second-order valence-electron chi connectivity index (χ2n) is 6.79. The minimum atomic E-state index is -1.09. The first-order valence-electron chi connectivity index (χ1n) is 8.60. The average molecular weight is 329 g/mol. The highest BCUT2D eigenvalue weighted by Crippen LogP contribution is 2.37. The van der Waals surface area contributed by atoms with Crippen LogP contribution in [-0.4, -0.2) is 30.6 Å². The molecule has 1 N–H and O–H groups in total. The van der Waals surface area contributed by atoms with E-state index in [4.69, 9.17) is 0 Å². The van der Waals surface area contributed by atoms with Crippen LogP contribution >= 0.6 is 0 Å². The van der Waals surface area contributed by atoms with Crippen molar-refractivity contribution in [2.24, 2.45) is 0 Å². The first-order chi connectivity index (χ1) is 11.4. The smallest absolute Gasteiger partial charge is 0.123 e. The van der Waals surface area contributed by atoms with Crippen molar-refractivity contribution < 1.29 is 9.50 Å². The van der Waals surface area contributed by atoms with Crippen molar-refractivity contribution >= 4 is 0 Å². The monoisotopic (exact) mass is 329 g/mol. The Morgan fingerprint density at radius 3 is 2.33 bits per heavy atom. The summed E-state index contributed by atoms with van der Waals surface area (Å²) in [7, 11) is 4.06. The summed E-state index contributed by atoms with van der Waals surface area (Å²) in [6, 6.07) is 12.4. The van der Waals surface area contributed by atoms with E-state index in [2.05, 4.69) is 24.8 Å². The van der Waals surface area contributed by atoms with Crippen LogP contribution in [0.3, 0.4) is 0 Å². The van der Waals surface area contributed by atoms with Gasteiger partial charge in [-0.3, -0.25) is 0 Å². The highest BCUT2D eigenvalue weighted by Gasteiger charge is 2.33. The normalized spacial score (nSPS) is 14.0. The number of hydrogen-bond donors (Lipinski definition) is 1. The van der Waals surface area contributed by atoms with Gasteiger partial charge in [-0.05, 0) is 75.6 Å². The molecule has 2 aromatic carbocycles. The van der Waals surface area contributed by atoms with Crippen LogP contribution in [0.2, 0.25) is 0 Å². The van der Waals surface area contributed by atoms with Gasteiger partial charge in [0, 0.05) is 0 Å². The minimum absolute atomic E-state index is 0.283. The van der Waals surface area contributed by atoms with E-state index in [1.165, 1.54) is 17.7 Å². The number of hydrogen-bond acceptors (Lipinski definition) is 2. The predicted molar refractivity (Wildman–Crippen MR) is 97.7 cm³/mol. The van der Waals surface area contributed by atoms with Crippen LogP contribution in [-0.2, 0) is 12.0 Å². The first-order valence-corrected chi connectivity index (χ1v) is 8.60. The molecular formula is C21H28FNO. The van der Waals surface area contributed by atoms with Crippen molar-refractivity contribution in [1.82, 2.24) is 4.90 Å². The minimum Gasteiger partial charge on any atom is -0.380 e. The Labute approximate surface area is 144 Å². The number of rotatable bonds is 7. The molecule has 2 aromatic rings. The molecule has 0 heterocycles. The van der Waals surface area contributed by atoms with Gasteiger partial charge < -0.3 is 10.0 Å². The molecule has 130 valence electrons. The first kappa shape index (κ1) is 18.6. The quantitative estimate of drug-likeness (QED) is 0.820. The summed E-state index contributed by atoms with van der Waals surface area (Å²) in [6.45, 7) is 5.06. The van der Waals surface area contributed by atoms with E-state index in [0.717, 1.165) is 36.1 Å². The maximum Gasteiger partial charge on any atom is 0.123 e. The molecule has 0 aromatic heterocycles. The molecule has 0 bridgehead atoms. The van der Waals surface area contributed by atoms with Gasteiger partial charge in [0.2, 0.25) is 0 Å². The summed E-state index contributed by atoms with van der Waals surface area (Å²) >= 11 is 0. The van der Waals surface area contributed by atoms with Crippen molar-refractivity contribution in [3.8, 4) is 0 Å². The van der Waals surface area contributed by atoms with E-state index in [0.29, 0.717) is 6.42 Å². The number of aryl methyl sites for hydroxylation is 2. The Morgan fingerprint density at radius 1 is 1.08 bits per heavy atom. The van der Waals surface area contributed by atoms with Crippen molar-refractivity contribution in [1.29, 1.82) is 0 Å². The van der Waals surface area contributed by atoms with Crippen molar-refractivity contribution in [2.45, 2.75) is 38.7 Å². The average Bonchev–Trinajstić information content (AvgIpc) is 2.54. The van der Waals surface area contributed by atoms with Gasteiger partial charge in [0.15, 0.2) is 0 Å². The maximum atomic E-state index is 13.3.